The number of hydrogen-bond acceptors (Lipinski definition) is 3. The van der Waals surface area contributed by atoms with Crippen molar-refractivity contribution in [1.82, 2.24) is 5.32 Å². The standard InChI is InChI=1S/C30H29ClN2O3S/c1-22-13-18-27(31)19-29(22)33(37(35,36)28-11-7-4-8-12-28)21-24-14-16-26(17-15-24)30(34)32-20-23(2)25-9-5-3-6-10-25/h3-19,23H,20-21H2,1-2H3,(H,32,34). The van der Waals surface area contributed by atoms with E-state index < -0.39 is 10.0 Å². The van der Waals surface area contributed by atoms with Crippen molar-refractivity contribution in [3.63, 3.8) is 0 Å². The van der Waals surface area contributed by atoms with Crippen molar-refractivity contribution in [3.05, 3.63) is 130 Å². The zero-order valence-electron chi connectivity index (χ0n) is 20.8. The maximum Gasteiger partial charge on any atom is 0.264 e. The minimum atomic E-state index is -3.87. The number of nitrogens with zero attached hydrogens (tertiary/aromatic N) is 1. The highest BCUT2D eigenvalue weighted by molar-refractivity contribution is 7.92. The summed E-state index contributed by atoms with van der Waals surface area (Å²) in [5.41, 5.74) is 3.71. The van der Waals surface area contributed by atoms with Gasteiger partial charge in [-0.2, -0.15) is 0 Å². The number of aryl methyl sites for hydroxylation is 1. The number of sulfonamides is 1. The average Bonchev–Trinajstić information content (AvgIpc) is 2.93. The molecular weight excluding hydrogens is 504 g/mol. The second kappa shape index (κ2) is 11.6. The Hall–Kier alpha value is -3.61. The number of amides is 1. The van der Waals surface area contributed by atoms with Gasteiger partial charge in [-0.15, -0.1) is 0 Å². The molecule has 7 heteroatoms. The van der Waals surface area contributed by atoms with Crippen molar-refractivity contribution < 1.29 is 13.2 Å². The third kappa shape index (κ3) is 6.40. The van der Waals surface area contributed by atoms with Gasteiger partial charge in [0.2, 0.25) is 0 Å². The Morgan fingerprint density at radius 1 is 0.892 bits per heavy atom. The van der Waals surface area contributed by atoms with Crippen LogP contribution in [0.1, 0.15) is 39.9 Å². The summed E-state index contributed by atoms with van der Waals surface area (Å²) in [7, 11) is -3.87. The van der Waals surface area contributed by atoms with E-state index in [-0.39, 0.29) is 23.3 Å². The maximum atomic E-state index is 13.7. The zero-order chi connectivity index (χ0) is 26.4. The predicted octanol–water partition coefficient (Wildman–Crippen LogP) is 6.58. The van der Waals surface area contributed by atoms with E-state index in [9.17, 15) is 13.2 Å². The van der Waals surface area contributed by atoms with E-state index in [2.05, 4.69) is 12.2 Å². The monoisotopic (exact) mass is 532 g/mol. The highest BCUT2D eigenvalue weighted by Gasteiger charge is 2.26. The Kier molecular flexibility index (Phi) is 8.31. The lowest BCUT2D eigenvalue weighted by Crippen LogP contribution is -2.31. The van der Waals surface area contributed by atoms with E-state index in [1.54, 1.807) is 72.8 Å². The van der Waals surface area contributed by atoms with Crippen molar-refractivity contribution in [2.75, 3.05) is 10.8 Å². The van der Waals surface area contributed by atoms with Crippen LogP contribution in [0.5, 0.6) is 0 Å². The maximum absolute atomic E-state index is 13.7. The normalized spacial score (nSPS) is 12.1. The van der Waals surface area contributed by atoms with Crippen LogP contribution < -0.4 is 9.62 Å². The van der Waals surface area contributed by atoms with Crippen LogP contribution in [0.4, 0.5) is 5.69 Å². The quantitative estimate of drug-likeness (QED) is 0.265. The number of anilines is 1. The smallest absolute Gasteiger partial charge is 0.264 e. The number of hydrogen-bond donors (Lipinski definition) is 1. The number of nitrogens with one attached hydrogen (secondary N) is 1. The highest BCUT2D eigenvalue weighted by atomic mass is 35.5. The van der Waals surface area contributed by atoms with Gasteiger partial charge in [0.25, 0.3) is 15.9 Å². The van der Waals surface area contributed by atoms with Crippen LogP contribution in [-0.4, -0.2) is 20.9 Å². The van der Waals surface area contributed by atoms with Gasteiger partial charge in [0.15, 0.2) is 0 Å². The molecule has 1 N–H and O–H groups in total. The predicted molar refractivity (Wildman–Crippen MR) is 150 cm³/mol. The molecule has 190 valence electrons. The lowest BCUT2D eigenvalue weighted by molar-refractivity contribution is 0.0951. The van der Waals surface area contributed by atoms with Gasteiger partial charge >= 0.3 is 0 Å². The second-order valence-electron chi connectivity index (χ2n) is 8.97. The molecule has 0 radical (unpaired) electrons. The van der Waals surface area contributed by atoms with Gasteiger partial charge < -0.3 is 5.32 Å². The largest absolute Gasteiger partial charge is 0.351 e. The van der Waals surface area contributed by atoms with Gasteiger partial charge in [-0.1, -0.05) is 85.3 Å². The summed E-state index contributed by atoms with van der Waals surface area (Å²) in [5.74, 6) is 0.0101. The summed E-state index contributed by atoms with van der Waals surface area (Å²) in [6, 6.07) is 30.5. The third-order valence-corrected chi connectivity index (χ3v) is 8.26. The highest BCUT2D eigenvalue weighted by Crippen LogP contribution is 2.31. The van der Waals surface area contributed by atoms with Crippen LogP contribution in [0, 0.1) is 6.92 Å². The van der Waals surface area contributed by atoms with E-state index in [4.69, 9.17) is 11.6 Å². The fraction of sp³-hybridized carbons (Fsp3) is 0.167. The minimum Gasteiger partial charge on any atom is -0.351 e. The Morgan fingerprint density at radius 2 is 1.51 bits per heavy atom. The molecule has 1 amide bonds. The van der Waals surface area contributed by atoms with E-state index in [1.165, 1.54) is 4.31 Å². The number of carbonyl (C=O) groups excluding carboxylic acids is 1. The Morgan fingerprint density at radius 3 is 2.16 bits per heavy atom. The molecule has 0 saturated carbocycles. The molecule has 37 heavy (non-hydrogen) atoms. The number of carbonyl (C=O) groups is 1. The van der Waals surface area contributed by atoms with Crippen molar-refractivity contribution in [2.45, 2.75) is 31.2 Å². The molecule has 0 aliphatic rings. The SMILES string of the molecule is Cc1ccc(Cl)cc1N(Cc1ccc(C(=O)NCC(C)c2ccccc2)cc1)S(=O)(=O)c1ccccc1. The fourth-order valence-corrected chi connectivity index (χ4v) is 5.74. The molecule has 4 aromatic carbocycles. The molecule has 0 aliphatic heterocycles. The van der Waals surface area contributed by atoms with Crippen LogP contribution in [0.15, 0.2) is 108 Å². The van der Waals surface area contributed by atoms with Crippen molar-refractivity contribution >= 4 is 33.2 Å². The van der Waals surface area contributed by atoms with Crippen LogP contribution in [0.25, 0.3) is 0 Å². The summed E-state index contributed by atoms with van der Waals surface area (Å²) in [4.78, 5) is 12.9. The number of rotatable bonds is 9. The first-order chi connectivity index (χ1) is 17.8. The van der Waals surface area contributed by atoms with E-state index in [0.717, 1.165) is 16.7 Å². The molecule has 5 nitrogen and oxygen atoms in total. The summed E-state index contributed by atoms with van der Waals surface area (Å²) in [6.45, 7) is 4.52. The molecule has 4 aromatic rings. The molecule has 0 heterocycles. The van der Waals surface area contributed by atoms with Gasteiger partial charge in [-0.05, 0) is 65.9 Å². The number of halogens is 1. The lowest BCUT2D eigenvalue weighted by atomic mass is 10.0. The molecule has 0 bridgehead atoms. The third-order valence-electron chi connectivity index (χ3n) is 6.25. The van der Waals surface area contributed by atoms with E-state index in [0.29, 0.717) is 22.8 Å². The molecule has 0 aliphatic carbocycles. The van der Waals surface area contributed by atoms with Gasteiger partial charge in [-0.25, -0.2) is 8.42 Å². The molecular formula is C30H29ClN2O3S. The van der Waals surface area contributed by atoms with Crippen LogP contribution in [0.2, 0.25) is 5.02 Å². The van der Waals surface area contributed by atoms with Gasteiger partial charge in [-0.3, -0.25) is 9.10 Å². The van der Waals surface area contributed by atoms with Gasteiger partial charge in [0.05, 0.1) is 17.1 Å². The van der Waals surface area contributed by atoms with E-state index >= 15 is 0 Å². The van der Waals surface area contributed by atoms with Crippen LogP contribution in [0.3, 0.4) is 0 Å². The molecule has 0 spiro atoms. The second-order valence-corrected chi connectivity index (χ2v) is 11.3. The van der Waals surface area contributed by atoms with Crippen molar-refractivity contribution in [2.24, 2.45) is 0 Å². The molecule has 1 atom stereocenters. The van der Waals surface area contributed by atoms with Gasteiger partial charge in [0, 0.05) is 17.1 Å². The topological polar surface area (TPSA) is 66.5 Å². The summed E-state index contributed by atoms with van der Waals surface area (Å²) >= 11 is 6.24. The van der Waals surface area contributed by atoms with Gasteiger partial charge in [0.1, 0.15) is 0 Å². The fourth-order valence-electron chi connectivity index (χ4n) is 4.05. The van der Waals surface area contributed by atoms with E-state index in [1.807, 2.05) is 37.3 Å². The minimum absolute atomic E-state index is 0.0886. The summed E-state index contributed by atoms with van der Waals surface area (Å²) < 4.78 is 28.7. The first-order valence-electron chi connectivity index (χ1n) is 12.0. The number of benzene rings is 4. The molecule has 0 fully saturated rings. The lowest BCUT2D eigenvalue weighted by Gasteiger charge is -2.26. The first kappa shape index (κ1) is 26.5. The van der Waals surface area contributed by atoms with Crippen LogP contribution >= 0.6 is 11.6 Å². The average molecular weight is 533 g/mol. The Bertz CT molecular complexity index is 1460. The van der Waals surface area contributed by atoms with Crippen LogP contribution in [-0.2, 0) is 16.6 Å². The molecule has 0 saturated heterocycles. The molecule has 4 rings (SSSR count). The summed E-state index contributed by atoms with van der Waals surface area (Å²) in [6.07, 6.45) is 0. The van der Waals surface area contributed by atoms with Crippen molar-refractivity contribution in [3.8, 4) is 0 Å². The molecule has 1 unspecified atom stereocenters. The first-order valence-corrected chi connectivity index (χ1v) is 13.8. The van der Waals surface area contributed by atoms with Crippen molar-refractivity contribution in [1.29, 1.82) is 0 Å². The summed E-state index contributed by atoms with van der Waals surface area (Å²) in [5, 5.41) is 3.43. The zero-order valence-corrected chi connectivity index (χ0v) is 22.3. The Labute approximate surface area is 223 Å². The Balaban J connectivity index is 1.54. The molecule has 0 aromatic heterocycles.